The van der Waals surface area contributed by atoms with Crippen LogP contribution in [0.5, 0.6) is 0 Å². The van der Waals surface area contributed by atoms with Gasteiger partial charge in [-0.05, 0) is 24.1 Å². The SMILES string of the molecule is C=CCNc1cnc2c(c1)c(C#Cc1ccc(F)cn1)cn2C. The number of aryl methyl sites for hydroxylation is 1. The smallest absolute Gasteiger partial charge is 0.141 e. The summed E-state index contributed by atoms with van der Waals surface area (Å²) < 4.78 is 14.8. The van der Waals surface area contributed by atoms with Crippen molar-refractivity contribution < 1.29 is 4.39 Å². The summed E-state index contributed by atoms with van der Waals surface area (Å²) in [5.74, 6) is 5.66. The molecule has 4 nitrogen and oxygen atoms in total. The molecule has 0 aliphatic carbocycles. The van der Waals surface area contributed by atoms with E-state index in [1.54, 1.807) is 18.3 Å². The molecule has 3 aromatic rings. The van der Waals surface area contributed by atoms with E-state index in [-0.39, 0.29) is 5.82 Å². The average Bonchev–Trinajstić information content (AvgIpc) is 2.88. The summed E-state index contributed by atoms with van der Waals surface area (Å²) in [6.45, 7) is 4.35. The van der Waals surface area contributed by atoms with Gasteiger partial charge in [0.1, 0.15) is 17.2 Å². The molecule has 0 amide bonds. The van der Waals surface area contributed by atoms with Gasteiger partial charge in [0.05, 0.1) is 23.6 Å². The van der Waals surface area contributed by atoms with Gasteiger partial charge in [0.2, 0.25) is 0 Å². The second-order valence-corrected chi connectivity index (χ2v) is 5.03. The average molecular weight is 306 g/mol. The van der Waals surface area contributed by atoms with Crippen LogP contribution in [-0.2, 0) is 7.05 Å². The van der Waals surface area contributed by atoms with Crippen LogP contribution in [0.25, 0.3) is 11.0 Å². The van der Waals surface area contributed by atoms with Crippen LogP contribution in [0.4, 0.5) is 10.1 Å². The Morgan fingerprint density at radius 2 is 2.17 bits per heavy atom. The van der Waals surface area contributed by atoms with Gasteiger partial charge in [0.15, 0.2) is 0 Å². The maximum Gasteiger partial charge on any atom is 0.141 e. The van der Waals surface area contributed by atoms with Crippen molar-refractivity contribution in [3.8, 4) is 11.8 Å². The van der Waals surface area contributed by atoms with E-state index in [1.807, 2.05) is 23.9 Å². The molecule has 1 N–H and O–H groups in total. The van der Waals surface area contributed by atoms with Gasteiger partial charge in [0.25, 0.3) is 0 Å². The van der Waals surface area contributed by atoms with Crippen molar-refractivity contribution in [1.29, 1.82) is 0 Å². The Kier molecular flexibility index (Phi) is 4.07. The molecular weight excluding hydrogens is 291 g/mol. The minimum absolute atomic E-state index is 0.372. The molecule has 0 atom stereocenters. The van der Waals surface area contributed by atoms with Crippen LogP contribution < -0.4 is 5.32 Å². The second kappa shape index (κ2) is 6.32. The molecule has 0 saturated carbocycles. The molecule has 0 spiro atoms. The third kappa shape index (κ3) is 3.22. The summed E-state index contributed by atoms with van der Waals surface area (Å²) in [5, 5.41) is 4.17. The Morgan fingerprint density at radius 1 is 1.30 bits per heavy atom. The highest BCUT2D eigenvalue weighted by atomic mass is 19.1. The predicted octanol–water partition coefficient (Wildman–Crippen LogP) is 3.11. The highest BCUT2D eigenvalue weighted by Crippen LogP contribution is 2.21. The van der Waals surface area contributed by atoms with Gasteiger partial charge in [-0.25, -0.2) is 14.4 Å². The molecule has 0 aromatic carbocycles. The fourth-order valence-electron chi connectivity index (χ4n) is 2.23. The van der Waals surface area contributed by atoms with Crippen molar-refractivity contribution in [3.05, 3.63) is 66.5 Å². The van der Waals surface area contributed by atoms with Gasteiger partial charge in [0, 0.05) is 25.2 Å². The van der Waals surface area contributed by atoms with Gasteiger partial charge in [-0.1, -0.05) is 12.0 Å². The fourth-order valence-corrected chi connectivity index (χ4v) is 2.23. The first-order chi connectivity index (χ1) is 11.2. The lowest BCUT2D eigenvalue weighted by atomic mass is 10.2. The maximum atomic E-state index is 12.9. The minimum atomic E-state index is -0.372. The summed E-state index contributed by atoms with van der Waals surface area (Å²) >= 11 is 0. The summed E-state index contributed by atoms with van der Waals surface area (Å²) in [6.07, 6.45) is 6.65. The second-order valence-electron chi connectivity index (χ2n) is 5.03. The predicted molar refractivity (Wildman–Crippen MR) is 89.6 cm³/mol. The molecule has 0 fully saturated rings. The van der Waals surface area contributed by atoms with Crippen LogP contribution in [0.1, 0.15) is 11.3 Å². The molecule has 3 rings (SSSR count). The lowest BCUT2D eigenvalue weighted by Crippen LogP contribution is -1.98. The first-order valence-corrected chi connectivity index (χ1v) is 7.11. The first-order valence-electron chi connectivity index (χ1n) is 7.11. The summed E-state index contributed by atoms with van der Waals surface area (Å²) in [4.78, 5) is 8.40. The topological polar surface area (TPSA) is 42.7 Å². The van der Waals surface area contributed by atoms with Gasteiger partial charge < -0.3 is 9.88 Å². The first kappa shape index (κ1) is 14.8. The van der Waals surface area contributed by atoms with Crippen LogP contribution in [0.2, 0.25) is 0 Å². The van der Waals surface area contributed by atoms with E-state index in [2.05, 4.69) is 33.7 Å². The highest BCUT2D eigenvalue weighted by molar-refractivity contribution is 5.86. The van der Waals surface area contributed by atoms with Gasteiger partial charge in [-0.3, -0.25) is 0 Å². The standard InChI is InChI=1S/C18H15FN4/c1-3-8-20-16-9-17-13(12-23(2)18(17)22-11-16)4-6-15-7-5-14(19)10-21-15/h3,5,7,9-12,20H,1,8H2,2H3. The normalized spacial score (nSPS) is 10.2. The Morgan fingerprint density at radius 3 is 2.91 bits per heavy atom. The third-order valence-electron chi connectivity index (χ3n) is 3.32. The zero-order valence-electron chi connectivity index (χ0n) is 12.7. The lowest BCUT2D eigenvalue weighted by Gasteiger charge is -2.03. The third-order valence-corrected chi connectivity index (χ3v) is 3.32. The summed E-state index contributed by atoms with van der Waals surface area (Å²) in [7, 11) is 1.92. The summed E-state index contributed by atoms with van der Waals surface area (Å²) in [6, 6.07) is 4.91. The maximum absolute atomic E-state index is 12.9. The van der Waals surface area contributed by atoms with Crippen molar-refractivity contribution in [3.63, 3.8) is 0 Å². The van der Waals surface area contributed by atoms with Gasteiger partial charge >= 0.3 is 0 Å². The number of hydrogen-bond donors (Lipinski definition) is 1. The van der Waals surface area contributed by atoms with Crippen LogP contribution >= 0.6 is 0 Å². The Labute approximate surface area is 133 Å². The largest absolute Gasteiger partial charge is 0.380 e. The number of hydrogen-bond acceptors (Lipinski definition) is 3. The highest BCUT2D eigenvalue weighted by Gasteiger charge is 2.07. The Hall–Kier alpha value is -3.13. The number of rotatable bonds is 3. The molecular formula is C18H15FN4. The molecule has 0 bridgehead atoms. The molecule has 0 aliphatic rings. The Bertz CT molecular complexity index is 914. The number of aromatic nitrogens is 3. The van der Waals surface area contributed by atoms with Crippen LogP contribution in [-0.4, -0.2) is 21.1 Å². The zero-order chi connectivity index (χ0) is 16.2. The van der Waals surface area contributed by atoms with Crippen LogP contribution in [0.15, 0.2) is 49.4 Å². The molecule has 3 aromatic heterocycles. The molecule has 23 heavy (non-hydrogen) atoms. The molecule has 114 valence electrons. The number of halogens is 1. The van der Waals surface area contributed by atoms with Gasteiger partial charge in [-0.15, -0.1) is 6.58 Å². The summed E-state index contributed by atoms with van der Waals surface area (Å²) in [5.41, 5.74) is 3.14. The van der Waals surface area contributed by atoms with Crippen molar-refractivity contribution in [1.82, 2.24) is 14.5 Å². The van der Waals surface area contributed by atoms with Crippen molar-refractivity contribution in [2.24, 2.45) is 7.05 Å². The van der Waals surface area contributed by atoms with E-state index in [9.17, 15) is 4.39 Å². The monoisotopic (exact) mass is 306 g/mol. The van der Waals surface area contributed by atoms with Crippen molar-refractivity contribution >= 4 is 16.7 Å². The van der Waals surface area contributed by atoms with E-state index in [1.165, 1.54) is 6.07 Å². The van der Waals surface area contributed by atoms with Crippen LogP contribution in [0.3, 0.4) is 0 Å². The lowest BCUT2D eigenvalue weighted by molar-refractivity contribution is 0.621. The van der Waals surface area contributed by atoms with E-state index >= 15 is 0 Å². The Balaban J connectivity index is 2.00. The van der Waals surface area contributed by atoms with E-state index < -0.39 is 0 Å². The number of nitrogens with one attached hydrogen (secondary N) is 1. The number of fused-ring (bicyclic) bond motifs is 1. The fraction of sp³-hybridized carbons (Fsp3) is 0.111. The molecule has 0 unspecified atom stereocenters. The quantitative estimate of drug-likeness (QED) is 0.597. The van der Waals surface area contributed by atoms with E-state index in [0.717, 1.165) is 28.5 Å². The number of pyridine rings is 2. The molecule has 0 radical (unpaired) electrons. The molecule has 3 heterocycles. The van der Waals surface area contributed by atoms with Crippen molar-refractivity contribution in [2.75, 3.05) is 11.9 Å². The van der Waals surface area contributed by atoms with Crippen molar-refractivity contribution in [2.45, 2.75) is 0 Å². The molecule has 0 aliphatic heterocycles. The van der Waals surface area contributed by atoms with Gasteiger partial charge in [-0.2, -0.15) is 0 Å². The number of nitrogens with zero attached hydrogens (tertiary/aromatic N) is 3. The molecule has 0 saturated heterocycles. The minimum Gasteiger partial charge on any atom is -0.380 e. The van der Waals surface area contributed by atoms with E-state index in [0.29, 0.717) is 12.2 Å². The van der Waals surface area contributed by atoms with Crippen LogP contribution in [0, 0.1) is 17.7 Å². The van der Waals surface area contributed by atoms with E-state index in [4.69, 9.17) is 0 Å². The zero-order valence-corrected chi connectivity index (χ0v) is 12.7. The molecule has 5 heteroatoms. The number of anilines is 1.